The molecule has 0 radical (unpaired) electrons. The number of fused-ring (bicyclic) bond motifs is 4. The van der Waals surface area contributed by atoms with Crippen LogP contribution in [0.15, 0.2) is 153 Å². The summed E-state index contributed by atoms with van der Waals surface area (Å²) in [7, 11) is -10.1. The summed E-state index contributed by atoms with van der Waals surface area (Å²) in [5.41, 5.74) is 6.08. The normalized spacial score (nSPS) is 12.0. The van der Waals surface area contributed by atoms with Crippen LogP contribution in [0.25, 0.3) is 55.0 Å². The summed E-state index contributed by atoms with van der Waals surface area (Å²) in [5.74, 6) is -1.86. The monoisotopic (exact) mass is 1130 g/mol. The van der Waals surface area contributed by atoms with Gasteiger partial charge in [0.25, 0.3) is 20.2 Å². The van der Waals surface area contributed by atoms with Gasteiger partial charge in [0.1, 0.15) is 38.2 Å². The number of amides is 4. The summed E-state index contributed by atoms with van der Waals surface area (Å²) >= 11 is 0. The van der Waals surface area contributed by atoms with E-state index >= 15 is 0 Å². The highest BCUT2D eigenvalue weighted by Crippen LogP contribution is 2.45. The van der Waals surface area contributed by atoms with Crippen molar-refractivity contribution in [1.82, 2.24) is 0 Å². The van der Waals surface area contributed by atoms with Gasteiger partial charge in [0.2, 0.25) is 0 Å². The van der Waals surface area contributed by atoms with Crippen molar-refractivity contribution in [2.45, 2.75) is 51.3 Å². The van der Waals surface area contributed by atoms with E-state index in [-0.39, 0.29) is 67.0 Å². The molecule has 8 aromatic rings. The van der Waals surface area contributed by atoms with Crippen molar-refractivity contribution in [1.29, 1.82) is 0 Å². The van der Waals surface area contributed by atoms with Crippen LogP contribution in [0.3, 0.4) is 0 Å². The van der Waals surface area contributed by atoms with Crippen LogP contribution in [0, 0.1) is 41.5 Å². The molecule has 1 aliphatic carbocycles. The third-order valence-electron chi connectivity index (χ3n) is 14.0. The number of phenols is 2. The summed E-state index contributed by atoms with van der Waals surface area (Å²) in [5, 5.41) is 47.4. The lowest BCUT2D eigenvalue weighted by molar-refractivity contribution is 0.0693. The number of aryl methyl sites for hydroxylation is 4. The van der Waals surface area contributed by atoms with Crippen LogP contribution >= 0.6 is 0 Å². The Bertz CT molecular complexity index is 4630. The highest BCUT2D eigenvalue weighted by atomic mass is 32.2. The van der Waals surface area contributed by atoms with Gasteiger partial charge in [-0.2, -0.15) is 16.8 Å². The first kappa shape index (κ1) is 54.6. The smallest absolute Gasteiger partial charge is 0.339 e. The van der Waals surface area contributed by atoms with Gasteiger partial charge in [-0.05, 0) is 117 Å². The fraction of sp³-hybridized carbons (Fsp3) is 0.100. The molecule has 0 atom stereocenters. The number of hydrogen-bond donors (Lipinski definition) is 10. The minimum absolute atomic E-state index is 0.00888. The maximum atomic E-state index is 13.8. The Hall–Kier alpha value is -9.80. The number of carbonyl (C=O) groups excluding carboxylic acids is 2. The van der Waals surface area contributed by atoms with E-state index in [4.69, 9.17) is 9.41 Å². The molecule has 2 aliphatic rings. The third-order valence-corrected chi connectivity index (χ3v) is 15.8. The summed E-state index contributed by atoms with van der Waals surface area (Å²) < 4.78 is 81.1. The maximum absolute atomic E-state index is 13.8. The molecule has 19 nitrogen and oxygen atoms in total. The average Bonchev–Trinajstić information content (AvgIpc) is 3.59. The van der Waals surface area contributed by atoms with Crippen molar-refractivity contribution in [3.05, 3.63) is 178 Å². The minimum Gasteiger partial charge on any atom is -0.507 e. The second kappa shape index (κ2) is 20.8. The molecule has 4 amide bonds. The Morgan fingerprint density at radius 3 is 1.74 bits per heavy atom. The SMILES string of the molecule is Cc1cc(C)c(NC(=O)Nc2cc(C(=O)O)c(O)c3ccccc23)c(C)c1N=c1cc2oc3cc(Nc4c(C)cc(C)c(NC(=O)Nc5ccc(O)c6ccccc56)c4C)ccc3c(-c3ccccc3S(=O)(=O)O)c-2cc1S(=O)(=O)O. The van der Waals surface area contributed by atoms with Crippen molar-refractivity contribution in [2.24, 2.45) is 4.99 Å². The summed E-state index contributed by atoms with van der Waals surface area (Å²) in [6.07, 6.45) is 0. The van der Waals surface area contributed by atoms with Crippen LogP contribution in [-0.2, 0) is 20.2 Å². The third kappa shape index (κ3) is 10.4. The van der Waals surface area contributed by atoms with Gasteiger partial charge in [-0.1, -0.05) is 78.9 Å². The second-order valence-corrected chi connectivity index (χ2v) is 22.2. The zero-order chi connectivity index (χ0) is 58.0. The molecular formula is C60H50N6O13S2. The molecule has 0 saturated carbocycles. The van der Waals surface area contributed by atoms with Crippen molar-refractivity contribution >= 4 is 111 Å². The highest BCUT2D eigenvalue weighted by molar-refractivity contribution is 7.86. The van der Waals surface area contributed by atoms with Crippen LogP contribution in [-0.4, -0.2) is 59.3 Å². The molecular weight excluding hydrogens is 1080 g/mol. The molecule has 1 aliphatic heterocycles. The maximum Gasteiger partial charge on any atom is 0.339 e. The zero-order valence-corrected chi connectivity index (χ0v) is 45.6. The number of benzene rings is 9. The number of hydrogen-bond acceptors (Lipinski definition) is 12. The molecule has 0 aromatic heterocycles. The summed E-state index contributed by atoms with van der Waals surface area (Å²) in [6, 6.07) is 32.9. The van der Waals surface area contributed by atoms with Crippen molar-refractivity contribution in [3.8, 4) is 33.9 Å². The lowest BCUT2D eigenvalue weighted by Gasteiger charge is -2.21. The minimum atomic E-state index is -5.15. The van der Waals surface area contributed by atoms with Gasteiger partial charge in [-0.3, -0.25) is 9.11 Å². The topological polar surface area (TPSA) is 306 Å². The van der Waals surface area contributed by atoms with Gasteiger partial charge in [-0.15, -0.1) is 0 Å². The number of rotatable bonds is 11. The van der Waals surface area contributed by atoms with Crippen molar-refractivity contribution in [3.63, 3.8) is 0 Å². The Morgan fingerprint density at radius 2 is 1.09 bits per heavy atom. The van der Waals surface area contributed by atoms with E-state index in [1.807, 2.05) is 26.8 Å². The number of urea groups is 2. The molecule has 10 N–H and O–H groups in total. The predicted octanol–water partition coefficient (Wildman–Crippen LogP) is 13.2. The number of carbonyl (C=O) groups is 3. The van der Waals surface area contributed by atoms with Crippen LogP contribution in [0.1, 0.15) is 43.7 Å². The molecule has 0 saturated heterocycles. The lowest BCUT2D eigenvalue weighted by atomic mass is 9.93. The standard InChI is InChI=1S/C60H50N6O13S2/c1-29-23-31(3)55(65-59(71)63-44-21-22-47(67)38-15-9-7-13-36(38)44)33(5)53(29)61-35-19-20-40-48(25-35)79-49-28-46(51(81(76,77)78)27-42(49)52(40)41-17-11-12-18-50(41)80(73,74)75)62-54-30(2)24-32(4)56(34(54)6)66-60(72)64-45-26-43(58(69)70)57(68)39-16-10-8-14-37(39)45/h7-28,61,67-68H,1-6H3,(H,69,70)(H2,63,65,71)(H2,64,66,72)(H,73,74,75)(H,76,77,78). The fourth-order valence-corrected chi connectivity index (χ4v) is 11.7. The summed E-state index contributed by atoms with van der Waals surface area (Å²) in [6.45, 7) is 10.6. The molecule has 1 heterocycles. The predicted molar refractivity (Wildman–Crippen MR) is 311 cm³/mol. The second-order valence-electron chi connectivity index (χ2n) is 19.4. The Kier molecular flexibility index (Phi) is 14.0. The van der Waals surface area contributed by atoms with E-state index in [9.17, 15) is 55.6 Å². The number of nitrogens with zero attached hydrogens (tertiary/aromatic N) is 1. The van der Waals surface area contributed by atoms with E-state index in [2.05, 4.69) is 26.6 Å². The highest BCUT2D eigenvalue weighted by Gasteiger charge is 2.28. The largest absolute Gasteiger partial charge is 0.507 e. The Morgan fingerprint density at radius 1 is 0.519 bits per heavy atom. The number of nitrogens with one attached hydrogen (secondary N) is 5. The van der Waals surface area contributed by atoms with Crippen molar-refractivity contribution < 1.29 is 60.1 Å². The van der Waals surface area contributed by atoms with Gasteiger partial charge in [0, 0.05) is 67.1 Å². The number of carboxylic acids is 1. The van der Waals surface area contributed by atoms with Crippen LogP contribution < -0.4 is 31.9 Å². The van der Waals surface area contributed by atoms with E-state index in [0.717, 1.165) is 23.3 Å². The van der Waals surface area contributed by atoms with Gasteiger partial charge in [-0.25, -0.2) is 19.4 Å². The zero-order valence-electron chi connectivity index (χ0n) is 44.0. The number of aromatic carboxylic acids is 1. The number of phenolic OH excluding ortho intramolecular Hbond substituents is 1. The first-order valence-electron chi connectivity index (χ1n) is 24.8. The molecule has 0 fully saturated rings. The lowest BCUT2D eigenvalue weighted by Crippen LogP contribution is -2.21. The number of anilines is 6. The van der Waals surface area contributed by atoms with E-state index in [0.29, 0.717) is 61.2 Å². The molecule has 10 rings (SSSR count). The summed E-state index contributed by atoms with van der Waals surface area (Å²) in [4.78, 5) is 43.0. The van der Waals surface area contributed by atoms with Crippen LogP contribution in [0.4, 0.5) is 49.4 Å². The Labute approximate surface area is 463 Å². The fourth-order valence-electron chi connectivity index (χ4n) is 10.4. The van der Waals surface area contributed by atoms with E-state index in [1.165, 1.54) is 42.5 Å². The van der Waals surface area contributed by atoms with E-state index < -0.39 is 59.4 Å². The quantitative estimate of drug-likeness (QED) is 0.0327. The van der Waals surface area contributed by atoms with Gasteiger partial charge < -0.3 is 46.3 Å². The number of aromatic hydroxyl groups is 2. The van der Waals surface area contributed by atoms with Gasteiger partial charge in [0.15, 0.2) is 0 Å². The first-order chi connectivity index (χ1) is 38.4. The molecule has 410 valence electrons. The number of carboxylic acid groups (broad SMARTS) is 1. The Balaban J connectivity index is 1.08. The molecule has 0 spiro atoms. The molecule has 0 bridgehead atoms. The van der Waals surface area contributed by atoms with Crippen molar-refractivity contribution in [2.75, 3.05) is 26.6 Å². The van der Waals surface area contributed by atoms with E-state index in [1.54, 1.807) is 93.6 Å². The first-order valence-corrected chi connectivity index (χ1v) is 27.7. The average molecular weight is 1130 g/mol. The van der Waals surface area contributed by atoms with Gasteiger partial charge >= 0.3 is 18.0 Å². The molecule has 8 aromatic carbocycles. The van der Waals surface area contributed by atoms with Crippen LogP contribution in [0.2, 0.25) is 0 Å². The molecule has 21 heteroatoms. The molecule has 0 unspecified atom stereocenters. The van der Waals surface area contributed by atoms with Gasteiger partial charge in [0.05, 0.1) is 33.8 Å². The van der Waals surface area contributed by atoms with Crippen LogP contribution in [0.5, 0.6) is 11.5 Å². The molecule has 81 heavy (non-hydrogen) atoms.